The standard InChI is InChI=1S/C13H19N3O3/c1-3-4-5-12(17)16-7-10-9(14-8-15-10)6-11(16)13(18)19-2/h8,11H,3-7H2,1-2H3,(H,14,15). The molecule has 1 atom stereocenters. The predicted molar refractivity (Wildman–Crippen MR) is 68.2 cm³/mol. The maximum atomic E-state index is 12.2. The van der Waals surface area contributed by atoms with E-state index in [1.54, 1.807) is 11.2 Å². The van der Waals surface area contributed by atoms with Crippen molar-refractivity contribution in [2.75, 3.05) is 7.11 Å². The van der Waals surface area contributed by atoms with Gasteiger partial charge >= 0.3 is 5.97 Å². The van der Waals surface area contributed by atoms with Crippen LogP contribution in [0.1, 0.15) is 37.6 Å². The number of ether oxygens (including phenoxy) is 1. The summed E-state index contributed by atoms with van der Waals surface area (Å²) >= 11 is 0. The minimum Gasteiger partial charge on any atom is -0.467 e. The van der Waals surface area contributed by atoms with Gasteiger partial charge in [0.2, 0.25) is 5.91 Å². The summed E-state index contributed by atoms with van der Waals surface area (Å²) in [5, 5.41) is 0. The molecule has 104 valence electrons. The van der Waals surface area contributed by atoms with E-state index < -0.39 is 6.04 Å². The van der Waals surface area contributed by atoms with E-state index in [0.29, 0.717) is 19.4 Å². The number of methoxy groups -OCH3 is 1. The summed E-state index contributed by atoms with van der Waals surface area (Å²) in [6.07, 6.45) is 4.27. The highest BCUT2D eigenvalue weighted by Gasteiger charge is 2.36. The largest absolute Gasteiger partial charge is 0.467 e. The first-order valence-corrected chi connectivity index (χ1v) is 6.55. The molecule has 6 nitrogen and oxygen atoms in total. The van der Waals surface area contributed by atoms with Crippen LogP contribution in [0.5, 0.6) is 0 Å². The van der Waals surface area contributed by atoms with Gasteiger partial charge in [0.05, 0.1) is 31.4 Å². The van der Waals surface area contributed by atoms with Gasteiger partial charge in [0.25, 0.3) is 0 Å². The number of amides is 1. The lowest BCUT2D eigenvalue weighted by Gasteiger charge is -2.33. The summed E-state index contributed by atoms with van der Waals surface area (Å²) < 4.78 is 4.80. The Hall–Kier alpha value is -1.85. The summed E-state index contributed by atoms with van der Waals surface area (Å²) in [6, 6.07) is -0.551. The Morgan fingerprint density at radius 1 is 1.58 bits per heavy atom. The predicted octanol–water partition coefficient (Wildman–Crippen LogP) is 1.03. The SMILES string of the molecule is CCCCC(=O)N1Cc2[nH]cnc2CC1C(=O)OC. The molecule has 0 aliphatic carbocycles. The monoisotopic (exact) mass is 265 g/mol. The third kappa shape index (κ3) is 2.77. The molecule has 1 aliphatic rings. The molecule has 2 heterocycles. The average Bonchev–Trinajstić information content (AvgIpc) is 2.89. The number of carbonyl (C=O) groups is 2. The molecule has 6 heteroatoms. The smallest absolute Gasteiger partial charge is 0.329 e. The minimum atomic E-state index is -0.551. The quantitative estimate of drug-likeness (QED) is 0.825. The average molecular weight is 265 g/mol. The van der Waals surface area contributed by atoms with Crippen molar-refractivity contribution >= 4 is 11.9 Å². The van der Waals surface area contributed by atoms with E-state index in [2.05, 4.69) is 9.97 Å². The van der Waals surface area contributed by atoms with Crippen LogP contribution < -0.4 is 0 Å². The summed E-state index contributed by atoms with van der Waals surface area (Å²) in [7, 11) is 1.34. The van der Waals surface area contributed by atoms with Crippen LogP contribution in [0.15, 0.2) is 6.33 Å². The molecule has 1 aliphatic heterocycles. The number of hydrogen-bond donors (Lipinski definition) is 1. The molecule has 1 N–H and O–H groups in total. The third-order valence-electron chi connectivity index (χ3n) is 3.44. The van der Waals surface area contributed by atoms with Crippen molar-refractivity contribution in [2.45, 2.75) is 45.2 Å². The van der Waals surface area contributed by atoms with Gasteiger partial charge in [0, 0.05) is 12.8 Å². The first-order valence-electron chi connectivity index (χ1n) is 6.55. The van der Waals surface area contributed by atoms with Gasteiger partial charge < -0.3 is 14.6 Å². The number of carbonyl (C=O) groups excluding carboxylic acids is 2. The van der Waals surface area contributed by atoms with Crippen LogP contribution in [0.2, 0.25) is 0 Å². The topological polar surface area (TPSA) is 75.3 Å². The summed E-state index contributed by atoms with van der Waals surface area (Å²) in [5.41, 5.74) is 1.75. The Morgan fingerprint density at radius 2 is 2.37 bits per heavy atom. The molecule has 1 aromatic rings. The van der Waals surface area contributed by atoms with Crippen LogP contribution in [0.25, 0.3) is 0 Å². The lowest BCUT2D eigenvalue weighted by atomic mass is 10.0. The van der Waals surface area contributed by atoms with Crippen molar-refractivity contribution in [3.05, 3.63) is 17.7 Å². The molecular weight excluding hydrogens is 246 g/mol. The lowest BCUT2D eigenvalue weighted by molar-refractivity contribution is -0.154. The van der Waals surface area contributed by atoms with Gasteiger partial charge in [-0.15, -0.1) is 0 Å². The fraction of sp³-hybridized carbons (Fsp3) is 0.615. The van der Waals surface area contributed by atoms with E-state index in [1.807, 2.05) is 6.92 Å². The number of fused-ring (bicyclic) bond motifs is 1. The molecule has 1 aromatic heterocycles. The van der Waals surface area contributed by atoms with Gasteiger partial charge in [-0.05, 0) is 6.42 Å². The van der Waals surface area contributed by atoms with Gasteiger partial charge in [-0.25, -0.2) is 9.78 Å². The minimum absolute atomic E-state index is 0.00231. The number of rotatable bonds is 4. The maximum Gasteiger partial charge on any atom is 0.329 e. The van der Waals surface area contributed by atoms with Gasteiger partial charge in [-0.3, -0.25) is 4.79 Å². The first kappa shape index (κ1) is 13.6. The van der Waals surface area contributed by atoms with Crippen molar-refractivity contribution in [1.82, 2.24) is 14.9 Å². The molecule has 0 aromatic carbocycles. The Labute approximate surface area is 112 Å². The highest BCUT2D eigenvalue weighted by atomic mass is 16.5. The van der Waals surface area contributed by atoms with Crippen LogP contribution in [0.4, 0.5) is 0 Å². The molecule has 1 amide bonds. The highest BCUT2D eigenvalue weighted by Crippen LogP contribution is 2.22. The second-order valence-electron chi connectivity index (χ2n) is 4.70. The number of H-pyrrole nitrogens is 1. The molecule has 0 saturated carbocycles. The molecule has 1 unspecified atom stereocenters. The van der Waals surface area contributed by atoms with Crippen molar-refractivity contribution in [2.24, 2.45) is 0 Å². The molecule has 2 rings (SSSR count). The molecule has 0 saturated heterocycles. The summed E-state index contributed by atoms with van der Waals surface area (Å²) in [6.45, 7) is 2.44. The third-order valence-corrected chi connectivity index (χ3v) is 3.44. The van der Waals surface area contributed by atoms with Crippen LogP contribution >= 0.6 is 0 Å². The molecule has 0 bridgehead atoms. The second-order valence-corrected chi connectivity index (χ2v) is 4.70. The Bertz CT molecular complexity index is 469. The van der Waals surface area contributed by atoms with E-state index in [0.717, 1.165) is 24.2 Å². The maximum absolute atomic E-state index is 12.2. The number of nitrogens with one attached hydrogen (secondary N) is 1. The zero-order valence-corrected chi connectivity index (χ0v) is 11.3. The van der Waals surface area contributed by atoms with Gasteiger partial charge in [0.15, 0.2) is 0 Å². The summed E-state index contributed by atoms with van der Waals surface area (Å²) in [5.74, 6) is -0.379. The Kier molecular flexibility index (Phi) is 4.19. The van der Waals surface area contributed by atoms with Crippen molar-refractivity contribution < 1.29 is 14.3 Å². The number of esters is 1. The zero-order chi connectivity index (χ0) is 13.8. The fourth-order valence-electron chi connectivity index (χ4n) is 2.32. The summed E-state index contributed by atoms with van der Waals surface area (Å²) in [4.78, 5) is 32.8. The van der Waals surface area contributed by atoms with Crippen LogP contribution in [0, 0.1) is 0 Å². The van der Waals surface area contributed by atoms with Crippen LogP contribution in [0.3, 0.4) is 0 Å². The number of aromatic nitrogens is 2. The molecule has 0 radical (unpaired) electrons. The fourth-order valence-corrected chi connectivity index (χ4v) is 2.32. The molecular formula is C13H19N3O3. The van der Waals surface area contributed by atoms with E-state index in [-0.39, 0.29) is 11.9 Å². The second kappa shape index (κ2) is 5.86. The van der Waals surface area contributed by atoms with E-state index in [9.17, 15) is 9.59 Å². The molecule has 19 heavy (non-hydrogen) atoms. The zero-order valence-electron chi connectivity index (χ0n) is 11.3. The van der Waals surface area contributed by atoms with E-state index in [4.69, 9.17) is 4.74 Å². The Morgan fingerprint density at radius 3 is 3.05 bits per heavy atom. The van der Waals surface area contributed by atoms with Gasteiger partial charge in [-0.1, -0.05) is 13.3 Å². The lowest BCUT2D eigenvalue weighted by Crippen LogP contribution is -2.49. The van der Waals surface area contributed by atoms with E-state index >= 15 is 0 Å². The number of aromatic amines is 1. The van der Waals surface area contributed by atoms with Crippen molar-refractivity contribution in [3.8, 4) is 0 Å². The molecule has 0 spiro atoms. The van der Waals surface area contributed by atoms with Crippen molar-refractivity contribution in [1.29, 1.82) is 0 Å². The normalized spacial score (nSPS) is 18.0. The Balaban J connectivity index is 2.18. The van der Waals surface area contributed by atoms with Crippen LogP contribution in [-0.4, -0.2) is 39.9 Å². The first-order chi connectivity index (χ1) is 9.17. The van der Waals surface area contributed by atoms with Crippen molar-refractivity contribution in [3.63, 3.8) is 0 Å². The molecule has 0 fully saturated rings. The van der Waals surface area contributed by atoms with Gasteiger partial charge in [0.1, 0.15) is 6.04 Å². The number of nitrogens with zero attached hydrogens (tertiary/aromatic N) is 2. The highest BCUT2D eigenvalue weighted by molar-refractivity contribution is 5.85. The number of unbranched alkanes of at least 4 members (excludes halogenated alkanes) is 1. The van der Waals surface area contributed by atoms with Gasteiger partial charge in [-0.2, -0.15) is 0 Å². The number of hydrogen-bond acceptors (Lipinski definition) is 4. The number of imidazole rings is 1. The van der Waals surface area contributed by atoms with Crippen LogP contribution in [-0.2, 0) is 27.3 Å². The van der Waals surface area contributed by atoms with E-state index in [1.165, 1.54) is 7.11 Å².